The van der Waals surface area contributed by atoms with E-state index in [0.29, 0.717) is 61.0 Å². The van der Waals surface area contributed by atoms with Crippen LogP contribution in [0, 0.1) is 21.6 Å². The summed E-state index contributed by atoms with van der Waals surface area (Å²) in [6.07, 6.45) is 1.70. The Morgan fingerprint density at radius 1 is 0.448 bits per heavy atom. The van der Waals surface area contributed by atoms with E-state index in [1.807, 2.05) is 0 Å². The molecule has 518 valence electrons. The fourth-order valence-electron chi connectivity index (χ4n) is 10.9. The van der Waals surface area contributed by atoms with Crippen LogP contribution in [0.1, 0.15) is 128 Å². The number of hydrogen-bond donors (Lipinski definition) is 17. The van der Waals surface area contributed by atoms with E-state index in [9.17, 15) is 43.2 Å². The Morgan fingerprint density at radius 3 is 1.04 bits per heavy atom. The van der Waals surface area contributed by atoms with Gasteiger partial charge in [-0.3, -0.25) is 64.8 Å². The van der Waals surface area contributed by atoms with Crippen molar-refractivity contribution in [3.05, 3.63) is 117 Å². The number of nitrogens with zero attached hydrogens (tertiary/aromatic N) is 1. The number of carbonyl (C=O) groups is 9. The summed E-state index contributed by atoms with van der Waals surface area (Å²) in [5, 5.41) is 49.3. The fraction of sp³-hybridized carbons (Fsp3) is 0.431. The predicted molar refractivity (Wildman–Crippen MR) is 358 cm³/mol. The van der Waals surface area contributed by atoms with Crippen molar-refractivity contribution >= 4 is 76.5 Å². The van der Waals surface area contributed by atoms with Crippen LogP contribution in [-0.4, -0.2) is 173 Å². The summed E-state index contributed by atoms with van der Waals surface area (Å²) in [6, 6.07) is 13.1. The van der Waals surface area contributed by atoms with Gasteiger partial charge in [-0.15, -0.1) is 0 Å². The second kappa shape index (κ2) is 37.7. The van der Waals surface area contributed by atoms with E-state index in [-0.39, 0.29) is 159 Å². The van der Waals surface area contributed by atoms with Crippen molar-refractivity contribution in [3.8, 4) is 23.0 Å². The number of ether oxygens (including phenoxy) is 4. The lowest BCUT2D eigenvalue weighted by atomic mass is 9.96. The van der Waals surface area contributed by atoms with Crippen molar-refractivity contribution in [1.29, 1.82) is 21.6 Å². The van der Waals surface area contributed by atoms with E-state index in [1.165, 1.54) is 81.9 Å². The first-order chi connectivity index (χ1) is 45.8. The molecule has 5 amide bonds. The van der Waals surface area contributed by atoms with Crippen LogP contribution in [0.15, 0.2) is 72.8 Å². The third-order valence-corrected chi connectivity index (χ3v) is 15.8. The number of ketones is 4. The summed E-state index contributed by atoms with van der Waals surface area (Å²) in [6.45, 7) is 1.17. The molecule has 96 heavy (non-hydrogen) atoms. The summed E-state index contributed by atoms with van der Waals surface area (Å²) in [5.74, 6) is -5.64. The van der Waals surface area contributed by atoms with E-state index in [4.69, 9.17) is 75.0 Å². The highest BCUT2D eigenvalue weighted by molar-refractivity contribution is 6.04. The Bertz CT molecular complexity index is 3510. The number of amides is 5. The highest BCUT2D eigenvalue weighted by Crippen LogP contribution is 2.29. The van der Waals surface area contributed by atoms with Gasteiger partial charge in [0.25, 0.3) is 23.6 Å². The van der Waals surface area contributed by atoms with Gasteiger partial charge in [0.2, 0.25) is 5.91 Å². The first-order valence-corrected chi connectivity index (χ1v) is 31.2. The molecule has 4 aromatic carbocycles. The molecule has 0 aromatic heterocycles. The van der Waals surface area contributed by atoms with Crippen molar-refractivity contribution in [2.45, 2.75) is 120 Å². The molecule has 1 saturated heterocycles. The molecule has 0 saturated carbocycles. The lowest BCUT2D eigenvalue weighted by Crippen LogP contribution is -2.44. The SMILES string of the molecule is COc1ccc(CC(=O)[C@H](CCCNC(=N)N)NC(=O)c2cc(CC(=O)[C@@H](N)CCCNC(=N)N)ccc2OC)cc1C(=O)N[C@@H](CCCNC(=N)N)C(=O)Cc1ccc(OC)c(C(=O)N[C@@H](CCCNC(=N)N)C(=O)Cc2ccc(OC)c(C(=O)N3CCCC3C(N)=O)c2)c1. The van der Waals surface area contributed by atoms with Crippen LogP contribution in [0.2, 0.25) is 0 Å². The zero-order valence-corrected chi connectivity index (χ0v) is 54.5. The van der Waals surface area contributed by atoms with Crippen molar-refractivity contribution in [3.63, 3.8) is 0 Å². The number of methoxy groups -OCH3 is 4. The third-order valence-electron chi connectivity index (χ3n) is 15.8. The number of primary amides is 1. The monoisotopic (exact) mass is 1330 g/mol. The molecule has 31 heteroatoms. The average Bonchev–Trinajstić information content (AvgIpc) is 1.29. The fourth-order valence-corrected chi connectivity index (χ4v) is 10.9. The molecule has 0 spiro atoms. The van der Waals surface area contributed by atoms with Crippen molar-refractivity contribution in [2.75, 3.05) is 61.2 Å². The normalized spacial score (nSPS) is 13.6. The second-order valence-electron chi connectivity index (χ2n) is 22.9. The van der Waals surface area contributed by atoms with E-state index < -0.39 is 77.1 Å². The van der Waals surface area contributed by atoms with Gasteiger partial charge in [0.1, 0.15) is 29.0 Å². The average molecular weight is 1330 g/mol. The number of carbonyl (C=O) groups excluding carboxylic acids is 9. The number of rotatable bonds is 40. The van der Waals surface area contributed by atoms with Crippen LogP contribution >= 0.6 is 0 Å². The van der Waals surface area contributed by atoms with Gasteiger partial charge in [0, 0.05) is 58.4 Å². The van der Waals surface area contributed by atoms with Crippen LogP contribution in [0.5, 0.6) is 23.0 Å². The number of guanidine groups is 4. The molecule has 5 atom stereocenters. The molecule has 5 rings (SSSR count). The lowest BCUT2D eigenvalue weighted by Gasteiger charge is -2.23. The minimum absolute atomic E-state index is 0.0319. The van der Waals surface area contributed by atoms with Gasteiger partial charge >= 0.3 is 0 Å². The summed E-state index contributed by atoms with van der Waals surface area (Å²) in [4.78, 5) is 127. The standard InChI is InChI=1S/C65H90N18O13/c1-93-53-19-15-36(32-49(84)44(66)10-5-23-76-62(68)69)28-40(53)58(89)80-45(11-6-24-77-63(70)71)50(85)33-37-16-20-54(94-2)41(29-37)59(90)81-46(12-7-25-78-64(72)73)51(86)34-38-17-21-55(95-3)42(30-38)60(91)82-47(13-8-26-79-65(74)75)52(87)35-39-18-22-56(96-4)43(31-39)61(92)83-27-9-14-48(83)57(67)88/h15-22,28-31,44-48H,5-14,23-27,32-35,66H2,1-4H3,(H2,67,88)(H,80,89)(H,81,90)(H,82,91)(H4,68,69,76)(H4,70,71,77)(H4,72,73,78)(H4,74,75,79)/t44-,45-,46-,47-,48?/m0/s1. The van der Waals surface area contributed by atoms with E-state index in [2.05, 4.69) is 37.2 Å². The number of benzene rings is 4. The van der Waals surface area contributed by atoms with Crippen molar-refractivity contribution in [2.24, 2.45) is 34.4 Å². The topological polar surface area (TPSA) is 530 Å². The number of hydrogen-bond acceptors (Lipinski definition) is 18. The van der Waals surface area contributed by atoms with Crippen LogP contribution < -0.4 is 90.6 Å². The number of nitrogens with two attached hydrogens (primary N) is 6. The Kier molecular flexibility index (Phi) is 29.8. The van der Waals surface area contributed by atoms with Gasteiger partial charge in [0.15, 0.2) is 47.0 Å². The van der Waals surface area contributed by atoms with Crippen molar-refractivity contribution in [1.82, 2.24) is 42.1 Å². The van der Waals surface area contributed by atoms with E-state index in [1.54, 1.807) is 24.3 Å². The van der Waals surface area contributed by atoms with Crippen LogP contribution in [0.3, 0.4) is 0 Å². The molecule has 0 bridgehead atoms. The molecular formula is C65H90N18O13. The highest BCUT2D eigenvalue weighted by atomic mass is 16.5. The number of likely N-dealkylation sites (tertiary alicyclic amines) is 1. The van der Waals surface area contributed by atoms with E-state index >= 15 is 0 Å². The van der Waals surface area contributed by atoms with Gasteiger partial charge in [-0.2, -0.15) is 0 Å². The minimum atomic E-state index is -1.20. The molecule has 1 aliphatic heterocycles. The summed E-state index contributed by atoms with van der Waals surface area (Å²) >= 11 is 0. The second-order valence-corrected chi connectivity index (χ2v) is 22.9. The molecule has 0 radical (unpaired) electrons. The van der Waals surface area contributed by atoms with Gasteiger partial charge in [-0.25, -0.2) is 0 Å². The summed E-state index contributed by atoms with van der Waals surface area (Å²) in [7, 11) is 5.41. The molecule has 1 heterocycles. The zero-order chi connectivity index (χ0) is 70.6. The summed E-state index contributed by atoms with van der Waals surface area (Å²) in [5.41, 5.74) is 35.3. The molecule has 1 aliphatic rings. The van der Waals surface area contributed by atoms with Crippen LogP contribution in [0.25, 0.3) is 0 Å². The largest absolute Gasteiger partial charge is 0.496 e. The van der Waals surface area contributed by atoms with Crippen molar-refractivity contribution < 1.29 is 62.1 Å². The molecule has 1 unspecified atom stereocenters. The van der Waals surface area contributed by atoms with E-state index in [0.717, 1.165) is 0 Å². The Balaban J connectivity index is 1.37. The first-order valence-electron chi connectivity index (χ1n) is 31.2. The molecule has 31 nitrogen and oxygen atoms in total. The third kappa shape index (κ3) is 23.3. The lowest BCUT2D eigenvalue weighted by molar-refractivity contribution is -0.122. The van der Waals surface area contributed by atoms with Crippen LogP contribution in [0.4, 0.5) is 0 Å². The first kappa shape index (κ1) is 75.9. The smallest absolute Gasteiger partial charge is 0.258 e. The predicted octanol–water partition coefficient (Wildman–Crippen LogP) is 0.0335. The highest BCUT2D eigenvalue weighted by Gasteiger charge is 2.35. The van der Waals surface area contributed by atoms with Gasteiger partial charge in [0.05, 0.1) is 74.9 Å². The maximum atomic E-state index is 14.5. The number of Topliss-reactive ketones (excluding diaryl/α,β-unsaturated/α-hetero) is 4. The Morgan fingerprint density at radius 2 is 0.740 bits per heavy atom. The zero-order valence-electron chi connectivity index (χ0n) is 54.5. The quantitative estimate of drug-likeness (QED) is 0.0159. The maximum Gasteiger partial charge on any atom is 0.258 e. The maximum absolute atomic E-state index is 14.5. The molecule has 1 fully saturated rings. The minimum Gasteiger partial charge on any atom is -0.496 e. The Hall–Kier alpha value is -10.9. The summed E-state index contributed by atoms with van der Waals surface area (Å²) < 4.78 is 22.2. The molecular weight excluding hydrogens is 1240 g/mol. The van der Waals surface area contributed by atoms with Gasteiger partial charge in [-0.1, -0.05) is 24.3 Å². The van der Waals surface area contributed by atoms with Crippen LogP contribution in [-0.2, 0) is 49.7 Å². The molecule has 0 aliphatic carbocycles. The van der Waals surface area contributed by atoms with Gasteiger partial charge in [-0.05, 0) is 135 Å². The number of nitrogens with one attached hydrogen (secondary N) is 11. The molecule has 4 aromatic rings. The Labute approximate surface area is 556 Å². The van der Waals surface area contributed by atoms with Gasteiger partial charge < -0.3 is 95.5 Å². The molecule has 23 N–H and O–H groups in total.